The molecule has 0 unspecified atom stereocenters. The number of halogens is 3. The maximum absolute atomic E-state index is 16.8. The smallest absolute Gasteiger partial charge is 0.409 e. The van der Waals surface area contributed by atoms with E-state index < -0.39 is 35.7 Å². The van der Waals surface area contributed by atoms with Gasteiger partial charge in [-0.2, -0.15) is 9.97 Å². The fourth-order valence-corrected chi connectivity index (χ4v) is 7.38. The summed E-state index contributed by atoms with van der Waals surface area (Å²) >= 11 is 0. The van der Waals surface area contributed by atoms with E-state index in [1.807, 2.05) is 4.90 Å². The summed E-state index contributed by atoms with van der Waals surface area (Å²) in [4.78, 5) is 30.5. The Kier molecular flexibility index (Phi) is 6.90. The molecule has 2 aromatic heterocycles. The number of benzene rings is 2. The quantitative estimate of drug-likeness (QED) is 0.354. The number of nitrogens with one attached hydrogen (secondary N) is 1. The molecule has 3 saturated heterocycles. The highest BCUT2D eigenvalue weighted by Crippen LogP contribution is 2.41. The van der Waals surface area contributed by atoms with Crippen LogP contribution in [0.1, 0.15) is 24.8 Å². The van der Waals surface area contributed by atoms with Crippen LogP contribution in [0.2, 0.25) is 0 Å². The third kappa shape index (κ3) is 4.88. The minimum absolute atomic E-state index is 0.00205. The summed E-state index contributed by atoms with van der Waals surface area (Å²) in [6.45, 7) is 2.06. The zero-order valence-corrected chi connectivity index (χ0v) is 24.4. The summed E-state index contributed by atoms with van der Waals surface area (Å²) in [6.07, 6.45) is 1.30. The van der Waals surface area contributed by atoms with Gasteiger partial charge in [-0.15, -0.1) is 0 Å². The molecule has 13 heteroatoms. The van der Waals surface area contributed by atoms with E-state index in [-0.39, 0.29) is 55.6 Å². The number of morpholine rings is 1. The monoisotopic (exact) mass is 620 g/mol. The van der Waals surface area contributed by atoms with Gasteiger partial charge in [0.2, 0.25) is 0 Å². The molecule has 9 rings (SSSR count). The molecule has 0 spiro atoms. The van der Waals surface area contributed by atoms with Gasteiger partial charge in [0.05, 0.1) is 30.7 Å². The molecule has 0 saturated carbocycles. The largest absolute Gasteiger partial charge is 0.461 e. The molecule has 5 aliphatic rings. The highest BCUT2D eigenvalue weighted by Gasteiger charge is 2.49. The van der Waals surface area contributed by atoms with E-state index >= 15 is 8.78 Å². The van der Waals surface area contributed by atoms with Gasteiger partial charge in [0.25, 0.3) is 0 Å². The fourth-order valence-electron chi connectivity index (χ4n) is 7.38. The fraction of sp³-hybridized carbons (Fsp3) is 0.438. The van der Waals surface area contributed by atoms with Crippen molar-refractivity contribution in [2.45, 2.75) is 43.6 Å². The Labute approximate surface area is 256 Å². The summed E-state index contributed by atoms with van der Waals surface area (Å²) in [5.74, 6) is -0.838. The number of hydrogen-bond donors (Lipinski definition) is 1. The number of anilines is 1. The second kappa shape index (κ2) is 11.0. The van der Waals surface area contributed by atoms with Crippen molar-refractivity contribution in [2.24, 2.45) is 0 Å². The van der Waals surface area contributed by atoms with Gasteiger partial charge >= 0.3 is 12.1 Å². The van der Waals surface area contributed by atoms with Crippen LogP contribution in [0.5, 0.6) is 6.01 Å². The van der Waals surface area contributed by atoms with Gasteiger partial charge in [-0.3, -0.25) is 15.2 Å². The molecule has 6 bridgehead atoms. The van der Waals surface area contributed by atoms with Gasteiger partial charge in [0.1, 0.15) is 41.9 Å². The number of aromatic nitrogens is 3. The lowest BCUT2D eigenvalue weighted by Crippen LogP contribution is -2.51. The van der Waals surface area contributed by atoms with E-state index in [1.165, 1.54) is 12.3 Å². The lowest BCUT2D eigenvalue weighted by atomic mass is 9.94. The average Bonchev–Trinajstić information content (AvgIpc) is 3.56. The molecule has 5 aliphatic heterocycles. The number of alkyl carbamates (subject to hydrolysis) is 1. The molecule has 7 heterocycles. The molecule has 45 heavy (non-hydrogen) atoms. The Morgan fingerprint density at radius 2 is 2.02 bits per heavy atom. The van der Waals surface area contributed by atoms with Crippen molar-refractivity contribution in [3.8, 4) is 17.3 Å². The van der Waals surface area contributed by atoms with Crippen molar-refractivity contribution in [1.82, 2.24) is 25.2 Å². The summed E-state index contributed by atoms with van der Waals surface area (Å²) < 4.78 is 63.9. The van der Waals surface area contributed by atoms with Crippen LogP contribution in [0, 0.1) is 11.6 Å². The molecule has 0 aliphatic carbocycles. The first-order valence-electron chi connectivity index (χ1n) is 15.3. The highest BCUT2D eigenvalue weighted by atomic mass is 19.1. The zero-order chi connectivity index (χ0) is 30.7. The standard InChI is InChI=1S/C32H31F3N6O4/c33-19-13-32(8-2-9-41(32)15-19)17-45-30-38-28-22-14-36-27(26(28)35)21-4-1-3-18-5-6-23(34)20(25(18)21)7-11-44-31(42)37-24-16-40(10-12-43-24)29(22)39-30/h1,3-6,14,19,24H,2,7-13,15-17H2,(H,37,42)/t19-,24-,32+/m1/s1. The number of hydrogen-bond acceptors (Lipinski definition) is 9. The number of pyridine rings is 1. The Morgan fingerprint density at radius 1 is 1.11 bits per heavy atom. The van der Waals surface area contributed by atoms with Crippen LogP contribution in [0.3, 0.4) is 0 Å². The van der Waals surface area contributed by atoms with Crippen molar-refractivity contribution < 1.29 is 32.2 Å². The van der Waals surface area contributed by atoms with Crippen LogP contribution >= 0.6 is 0 Å². The van der Waals surface area contributed by atoms with E-state index in [1.54, 1.807) is 24.3 Å². The minimum Gasteiger partial charge on any atom is -0.461 e. The number of carbonyl (C=O) groups excluding carboxylic acids is 1. The molecule has 3 fully saturated rings. The van der Waals surface area contributed by atoms with Gasteiger partial charge in [-0.05, 0) is 41.8 Å². The van der Waals surface area contributed by atoms with Gasteiger partial charge < -0.3 is 19.1 Å². The molecule has 3 atom stereocenters. The van der Waals surface area contributed by atoms with Crippen LogP contribution in [0.15, 0.2) is 36.5 Å². The van der Waals surface area contributed by atoms with Crippen molar-refractivity contribution in [1.29, 1.82) is 0 Å². The maximum atomic E-state index is 16.8. The molecular weight excluding hydrogens is 589 g/mol. The van der Waals surface area contributed by atoms with Gasteiger partial charge in [-0.1, -0.05) is 24.3 Å². The summed E-state index contributed by atoms with van der Waals surface area (Å²) in [6, 6.07) is 8.18. The molecule has 2 aromatic carbocycles. The summed E-state index contributed by atoms with van der Waals surface area (Å²) in [5.41, 5.74) is 0.198. The van der Waals surface area contributed by atoms with E-state index in [4.69, 9.17) is 19.2 Å². The third-order valence-corrected chi connectivity index (χ3v) is 9.46. The molecular formula is C32H31F3N6O4. The van der Waals surface area contributed by atoms with Crippen LogP contribution in [-0.2, 0) is 15.9 Å². The number of alkyl halides is 1. The second-order valence-electron chi connectivity index (χ2n) is 12.1. The topological polar surface area (TPSA) is 102 Å². The number of nitrogens with zero attached hydrogens (tertiary/aromatic N) is 5. The van der Waals surface area contributed by atoms with Crippen LogP contribution in [0.4, 0.5) is 23.8 Å². The van der Waals surface area contributed by atoms with Crippen molar-refractivity contribution in [3.05, 3.63) is 53.7 Å². The second-order valence-corrected chi connectivity index (χ2v) is 12.1. The SMILES string of the molecule is O=C1N[C@H]2CN(CCO2)c2nc(OC[C@@]34CCCN3C[C@H](F)C4)nc3c(F)c(ncc23)-c2cccc3ccc(F)c(c23)CCO1. The van der Waals surface area contributed by atoms with Gasteiger partial charge in [0, 0.05) is 37.7 Å². The van der Waals surface area contributed by atoms with Crippen molar-refractivity contribution in [2.75, 3.05) is 50.9 Å². The number of ether oxygens (including phenoxy) is 3. The van der Waals surface area contributed by atoms with Gasteiger partial charge in [0.15, 0.2) is 5.82 Å². The number of amides is 1. The van der Waals surface area contributed by atoms with Crippen molar-refractivity contribution in [3.63, 3.8) is 0 Å². The van der Waals surface area contributed by atoms with E-state index in [0.717, 1.165) is 19.4 Å². The first-order valence-corrected chi connectivity index (χ1v) is 15.3. The maximum Gasteiger partial charge on any atom is 0.409 e. The molecule has 4 aromatic rings. The number of rotatable bonds is 3. The lowest BCUT2D eigenvalue weighted by molar-refractivity contribution is 0.0158. The minimum atomic E-state index is -0.931. The van der Waals surface area contributed by atoms with Crippen LogP contribution in [0.25, 0.3) is 32.9 Å². The van der Waals surface area contributed by atoms with Crippen LogP contribution < -0.4 is 15.0 Å². The summed E-state index contributed by atoms with van der Waals surface area (Å²) in [7, 11) is 0. The summed E-state index contributed by atoms with van der Waals surface area (Å²) in [5, 5.41) is 4.20. The molecule has 10 nitrogen and oxygen atoms in total. The first kappa shape index (κ1) is 28.3. The number of carbonyl (C=O) groups is 1. The van der Waals surface area contributed by atoms with Crippen molar-refractivity contribution >= 4 is 33.6 Å². The molecule has 234 valence electrons. The lowest BCUT2D eigenvalue weighted by Gasteiger charge is -2.34. The third-order valence-electron chi connectivity index (χ3n) is 9.46. The predicted molar refractivity (Wildman–Crippen MR) is 159 cm³/mol. The first-order chi connectivity index (χ1) is 21.9. The van der Waals surface area contributed by atoms with E-state index in [9.17, 15) is 9.18 Å². The normalized spacial score (nSPS) is 25.1. The van der Waals surface area contributed by atoms with Gasteiger partial charge in [-0.25, -0.2) is 18.0 Å². The molecule has 0 radical (unpaired) electrons. The van der Waals surface area contributed by atoms with Crippen LogP contribution in [-0.4, -0.2) is 89.9 Å². The average molecular weight is 621 g/mol. The Hall–Kier alpha value is -4.23. The zero-order valence-electron chi connectivity index (χ0n) is 24.4. The Bertz CT molecular complexity index is 1830. The Morgan fingerprint density at radius 3 is 2.93 bits per heavy atom. The molecule has 1 N–H and O–H groups in total. The Balaban J connectivity index is 1.30. The predicted octanol–water partition coefficient (Wildman–Crippen LogP) is 4.52. The van der Waals surface area contributed by atoms with E-state index in [0.29, 0.717) is 47.1 Å². The highest BCUT2D eigenvalue weighted by molar-refractivity contribution is 6.01. The number of fused-ring (bicyclic) bond motifs is 6. The molecule has 1 amide bonds. The van der Waals surface area contributed by atoms with E-state index in [2.05, 4.69) is 20.2 Å².